The second-order valence-corrected chi connectivity index (χ2v) is 16.2. The summed E-state index contributed by atoms with van der Waals surface area (Å²) < 4.78 is 16.8. The van der Waals surface area contributed by atoms with Crippen molar-refractivity contribution >= 4 is 53.8 Å². The molecule has 0 spiro atoms. The molecule has 1 atom stereocenters. The molecule has 0 fully saturated rings. The Balaban J connectivity index is 3.16. The summed E-state index contributed by atoms with van der Waals surface area (Å²) in [6.45, 7) is 17.9. The van der Waals surface area contributed by atoms with E-state index >= 15 is 0 Å². The number of anilines is 1. The first-order valence-corrected chi connectivity index (χ1v) is 14.0. The lowest BCUT2D eigenvalue weighted by molar-refractivity contribution is -0.156. The van der Waals surface area contributed by atoms with E-state index < -0.39 is 26.0 Å². The SMILES string of the molecule is COC(=O)c1cc(C)sc1NC(=S)C(CC(=O)OC(C)(C)C)O[Si](C)(C)C(C)(C)C. The summed E-state index contributed by atoms with van der Waals surface area (Å²) in [6.07, 6.45) is -0.670. The van der Waals surface area contributed by atoms with Crippen LogP contribution >= 0.6 is 23.6 Å². The van der Waals surface area contributed by atoms with Gasteiger partial charge in [0.15, 0.2) is 8.32 Å². The van der Waals surface area contributed by atoms with Crippen LogP contribution in [0.2, 0.25) is 18.1 Å². The van der Waals surface area contributed by atoms with Crippen molar-refractivity contribution in [2.24, 2.45) is 0 Å². The molecule has 0 saturated carbocycles. The minimum Gasteiger partial charge on any atom is -0.465 e. The van der Waals surface area contributed by atoms with Gasteiger partial charge in [0, 0.05) is 4.88 Å². The minimum absolute atomic E-state index is 0.00642. The third-order valence-electron chi connectivity index (χ3n) is 4.80. The van der Waals surface area contributed by atoms with Crippen molar-refractivity contribution < 1.29 is 23.5 Å². The highest BCUT2D eigenvalue weighted by Crippen LogP contribution is 2.38. The third-order valence-corrected chi connectivity index (χ3v) is 10.6. The molecule has 1 aromatic heterocycles. The van der Waals surface area contributed by atoms with Crippen LogP contribution in [0.1, 0.15) is 63.2 Å². The summed E-state index contributed by atoms with van der Waals surface area (Å²) in [5.74, 6) is -0.829. The van der Waals surface area contributed by atoms with Crippen LogP contribution in [0.4, 0.5) is 5.00 Å². The van der Waals surface area contributed by atoms with Crippen LogP contribution < -0.4 is 5.32 Å². The van der Waals surface area contributed by atoms with E-state index in [-0.39, 0.29) is 17.4 Å². The van der Waals surface area contributed by atoms with Crippen LogP contribution in [-0.2, 0) is 18.7 Å². The van der Waals surface area contributed by atoms with Gasteiger partial charge in [-0.1, -0.05) is 33.0 Å². The standard InChI is InChI=1S/C21H35NO5S2Si/c1-13-11-14(19(24)25-8)18(29-13)22-17(28)15(12-16(23)26-20(2,3)4)27-30(9,10)21(5,6)7/h11,15H,12H2,1-10H3,(H,22,28). The highest BCUT2D eigenvalue weighted by Gasteiger charge is 2.41. The first kappa shape index (κ1) is 26.7. The van der Waals surface area contributed by atoms with Gasteiger partial charge in [0.1, 0.15) is 21.7 Å². The predicted octanol–water partition coefficient (Wildman–Crippen LogP) is 5.70. The number of carbonyl (C=O) groups excluding carboxylic acids is 2. The maximum absolute atomic E-state index is 12.5. The molecule has 6 nitrogen and oxygen atoms in total. The summed E-state index contributed by atoms with van der Waals surface area (Å²) in [4.78, 5) is 25.9. The fraction of sp³-hybridized carbons (Fsp3) is 0.667. The molecule has 1 N–H and O–H groups in total. The van der Waals surface area contributed by atoms with E-state index in [2.05, 4.69) is 39.2 Å². The van der Waals surface area contributed by atoms with Gasteiger partial charge in [-0.25, -0.2) is 4.79 Å². The Kier molecular flexibility index (Phi) is 8.81. The van der Waals surface area contributed by atoms with Crippen molar-refractivity contribution in [3.8, 4) is 0 Å². The van der Waals surface area contributed by atoms with Crippen molar-refractivity contribution in [1.82, 2.24) is 0 Å². The van der Waals surface area contributed by atoms with Gasteiger partial charge in [0.25, 0.3) is 0 Å². The van der Waals surface area contributed by atoms with Gasteiger partial charge < -0.3 is 19.2 Å². The van der Waals surface area contributed by atoms with Gasteiger partial charge in [-0.15, -0.1) is 11.3 Å². The predicted molar refractivity (Wildman–Crippen MR) is 129 cm³/mol. The Morgan fingerprint density at radius 1 is 1.20 bits per heavy atom. The number of thiophene rings is 1. The highest BCUT2D eigenvalue weighted by atomic mass is 32.1. The molecule has 1 aromatic rings. The van der Waals surface area contributed by atoms with E-state index in [0.717, 1.165) is 4.88 Å². The number of esters is 2. The van der Waals surface area contributed by atoms with Gasteiger partial charge >= 0.3 is 11.9 Å². The molecule has 1 unspecified atom stereocenters. The number of aryl methyl sites for hydroxylation is 1. The van der Waals surface area contributed by atoms with E-state index in [1.54, 1.807) is 6.07 Å². The van der Waals surface area contributed by atoms with Gasteiger partial charge in [-0.3, -0.25) is 4.79 Å². The Morgan fingerprint density at radius 2 is 1.77 bits per heavy atom. The number of nitrogens with one attached hydrogen (secondary N) is 1. The first-order valence-electron chi connectivity index (χ1n) is 9.86. The van der Waals surface area contributed by atoms with Crippen LogP contribution in [0.3, 0.4) is 0 Å². The van der Waals surface area contributed by atoms with Gasteiger partial charge in [-0.2, -0.15) is 0 Å². The zero-order valence-corrected chi connectivity index (χ0v) is 22.4. The molecule has 0 aliphatic rings. The average Bonchev–Trinajstić information content (AvgIpc) is 2.90. The molecule has 0 aliphatic carbocycles. The molecule has 0 bridgehead atoms. The molecular formula is C21H35NO5S2Si. The molecule has 0 aliphatic heterocycles. The number of thiocarbonyl (C=S) groups is 1. The van der Waals surface area contributed by atoms with E-state index in [4.69, 9.17) is 26.1 Å². The van der Waals surface area contributed by atoms with Crippen molar-refractivity contribution in [2.45, 2.75) is 84.7 Å². The normalized spacial score (nSPS) is 13.5. The second-order valence-electron chi connectivity index (χ2n) is 9.74. The van der Waals surface area contributed by atoms with Gasteiger partial charge in [0.05, 0.1) is 19.1 Å². The second kappa shape index (κ2) is 9.89. The molecular weight excluding hydrogens is 438 g/mol. The van der Waals surface area contributed by atoms with Crippen molar-refractivity contribution in [3.63, 3.8) is 0 Å². The van der Waals surface area contributed by atoms with Crippen molar-refractivity contribution in [2.75, 3.05) is 12.4 Å². The van der Waals surface area contributed by atoms with E-state index in [9.17, 15) is 9.59 Å². The fourth-order valence-electron chi connectivity index (χ4n) is 2.32. The van der Waals surface area contributed by atoms with Crippen LogP contribution in [-0.4, -0.2) is 44.1 Å². The van der Waals surface area contributed by atoms with Crippen molar-refractivity contribution in [3.05, 3.63) is 16.5 Å². The number of hydrogen-bond acceptors (Lipinski definition) is 7. The first-order chi connectivity index (χ1) is 13.5. The lowest BCUT2D eigenvalue weighted by Crippen LogP contribution is -2.47. The third kappa shape index (κ3) is 7.75. The Morgan fingerprint density at radius 3 is 2.23 bits per heavy atom. The number of hydrogen-bond donors (Lipinski definition) is 1. The lowest BCUT2D eigenvalue weighted by atomic mass is 10.2. The van der Waals surface area contributed by atoms with E-state index in [1.807, 2.05) is 27.7 Å². The zero-order chi connectivity index (χ0) is 23.5. The molecule has 30 heavy (non-hydrogen) atoms. The monoisotopic (exact) mass is 473 g/mol. The van der Waals surface area contributed by atoms with Gasteiger partial charge in [-0.05, 0) is 51.9 Å². The Bertz CT molecular complexity index is 790. The molecule has 0 aromatic carbocycles. The number of methoxy groups -OCH3 is 1. The summed E-state index contributed by atoms with van der Waals surface area (Å²) in [6, 6.07) is 1.75. The summed E-state index contributed by atoms with van der Waals surface area (Å²) in [7, 11) is -0.897. The maximum Gasteiger partial charge on any atom is 0.340 e. The molecule has 0 saturated heterocycles. The van der Waals surface area contributed by atoms with Crippen molar-refractivity contribution in [1.29, 1.82) is 0 Å². The average molecular weight is 474 g/mol. The zero-order valence-electron chi connectivity index (χ0n) is 19.7. The lowest BCUT2D eigenvalue weighted by Gasteiger charge is -2.39. The van der Waals surface area contributed by atoms with E-state index in [0.29, 0.717) is 15.6 Å². The quantitative estimate of drug-likeness (QED) is 0.309. The molecule has 9 heteroatoms. The summed E-state index contributed by atoms with van der Waals surface area (Å²) in [5.41, 5.74) is -0.193. The van der Waals surface area contributed by atoms with Crippen LogP contribution in [0.25, 0.3) is 0 Å². The molecule has 1 rings (SSSR count). The summed E-state index contributed by atoms with van der Waals surface area (Å²) >= 11 is 7.03. The fourth-order valence-corrected chi connectivity index (χ4v) is 4.88. The maximum atomic E-state index is 12.5. The molecule has 0 amide bonds. The van der Waals surface area contributed by atoms with Gasteiger partial charge in [0.2, 0.25) is 0 Å². The smallest absolute Gasteiger partial charge is 0.340 e. The Labute approximate surface area is 190 Å². The number of carbonyl (C=O) groups is 2. The van der Waals surface area contributed by atoms with E-state index in [1.165, 1.54) is 18.4 Å². The molecule has 170 valence electrons. The van der Waals surface area contributed by atoms with Crippen LogP contribution in [0, 0.1) is 6.92 Å². The topological polar surface area (TPSA) is 73.9 Å². The van der Waals surface area contributed by atoms with Crippen LogP contribution in [0.5, 0.6) is 0 Å². The minimum atomic E-state index is -2.23. The largest absolute Gasteiger partial charge is 0.465 e. The number of ether oxygens (including phenoxy) is 2. The molecule has 1 heterocycles. The number of rotatable bonds is 7. The Hall–Kier alpha value is -1.29. The summed E-state index contributed by atoms with van der Waals surface area (Å²) in [5, 5.41) is 3.64. The van der Waals surface area contributed by atoms with Crippen LogP contribution in [0.15, 0.2) is 6.07 Å². The highest BCUT2D eigenvalue weighted by molar-refractivity contribution is 7.80. The molecule has 0 radical (unpaired) electrons.